The molecule has 1 fully saturated rings. The van der Waals surface area contributed by atoms with Gasteiger partial charge in [0.1, 0.15) is 6.61 Å². The van der Waals surface area contributed by atoms with Crippen LogP contribution in [0.5, 0.6) is 11.5 Å². The van der Waals surface area contributed by atoms with Crippen LogP contribution in [0.1, 0.15) is 30.0 Å². The zero-order chi connectivity index (χ0) is 24.6. The van der Waals surface area contributed by atoms with Crippen molar-refractivity contribution in [1.82, 2.24) is 10.3 Å². The maximum absolute atomic E-state index is 12.7. The van der Waals surface area contributed by atoms with Gasteiger partial charge in [-0.2, -0.15) is 5.10 Å². The number of ether oxygens (including phenoxy) is 2. The summed E-state index contributed by atoms with van der Waals surface area (Å²) in [6, 6.07) is 25.2. The fourth-order valence-electron chi connectivity index (χ4n) is 3.95. The lowest BCUT2D eigenvalue weighted by molar-refractivity contribution is -0.129. The highest BCUT2D eigenvalue weighted by atomic mass is 16.5. The summed E-state index contributed by atoms with van der Waals surface area (Å²) in [5.41, 5.74) is 6.14. The maximum Gasteiger partial charge on any atom is 0.245 e. The Balaban J connectivity index is 1.35. The number of nitrogens with one attached hydrogen (secondary N) is 1. The molecule has 1 N–H and O–H groups in total. The lowest BCUT2D eigenvalue weighted by Crippen LogP contribution is -2.30. The molecule has 4 rings (SSSR count). The highest BCUT2D eigenvalue weighted by Crippen LogP contribution is 2.29. The molecular weight excluding hydrogens is 442 g/mol. The van der Waals surface area contributed by atoms with Crippen LogP contribution in [0.25, 0.3) is 0 Å². The molecule has 0 aromatic heterocycles. The number of carbonyl (C=O) groups is 2. The number of benzene rings is 3. The van der Waals surface area contributed by atoms with E-state index >= 15 is 0 Å². The van der Waals surface area contributed by atoms with Gasteiger partial charge in [0.05, 0.1) is 18.7 Å². The standard InChI is InChI=1S/C28H29N3O4/c1-20(23-13-14-25(26(15-23)34-2)35-19-22-11-7-4-8-12-22)29-30-28(33)24-16-27(32)31(18-24)17-21-9-5-3-6-10-21/h3-15,24H,16-19H2,1-2H3,(H,30,33). The van der Waals surface area contributed by atoms with Crippen LogP contribution in [0.3, 0.4) is 0 Å². The van der Waals surface area contributed by atoms with Gasteiger partial charge in [0, 0.05) is 25.1 Å². The van der Waals surface area contributed by atoms with Crippen LogP contribution < -0.4 is 14.9 Å². The van der Waals surface area contributed by atoms with Gasteiger partial charge < -0.3 is 14.4 Å². The molecule has 7 nitrogen and oxygen atoms in total. The zero-order valence-electron chi connectivity index (χ0n) is 19.9. The third-order valence-electron chi connectivity index (χ3n) is 5.95. The highest BCUT2D eigenvalue weighted by Gasteiger charge is 2.34. The number of carbonyl (C=O) groups excluding carboxylic acids is 2. The molecule has 3 aromatic carbocycles. The SMILES string of the molecule is COc1cc(C(C)=NNC(=O)C2CC(=O)N(Cc3ccccc3)C2)ccc1OCc1ccccc1. The molecule has 0 aliphatic carbocycles. The first kappa shape index (κ1) is 24.0. The van der Waals surface area contributed by atoms with Crippen molar-refractivity contribution in [2.75, 3.05) is 13.7 Å². The second kappa shape index (κ2) is 11.3. The van der Waals surface area contributed by atoms with E-state index in [1.165, 1.54) is 0 Å². The fraction of sp³-hybridized carbons (Fsp3) is 0.250. The molecule has 180 valence electrons. The van der Waals surface area contributed by atoms with Gasteiger partial charge in [-0.05, 0) is 36.2 Å². The molecule has 2 amide bonds. The van der Waals surface area contributed by atoms with Crippen LogP contribution in [-0.4, -0.2) is 36.1 Å². The Morgan fingerprint density at radius 3 is 2.37 bits per heavy atom. The van der Waals surface area contributed by atoms with Crippen LogP contribution in [0.4, 0.5) is 0 Å². The maximum atomic E-state index is 12.7. The minimum absolute atomic E-state index is 0.0227. The number of likely N-dealkylation sites (tertiary alicyclic amines) is 1. The van der Waals surface area contributed by atoms with E-state index in [0.717, 1.165) is 16.7 Å². The minimum atomic E-state index is -0.425. The molecule has 1 heterocycles. The van der Waals surface area contributed by atoms with E-state index in [9.17, 15) is 9.59 Å². The molecule has 0 spiro atoms. The molecule has 35 heavy (non-hydrogen) atoms. The van der Waals surface area contributed by atoms with Crippen LogP contribution in [0.2, 0.25) is 0 Å². The topological polar surface area (TPSA) is 80.2 Å². The molecule has 1 aliphatic rings. The van der Waals surface area contributed by atoms with Crippen molar-refractivity contribution in [1.29, 1.82) is 0 Å². The Hall–Kier alpha value is -4.13. The predicted molar refractivity (Wildman–Crippen MR) is 134 cm³/mol. The number of methoxy groups -OCH3 is 1. The molecule has 1 unspecified atom stereocenters. The quantitative estimate of drug-likeness (QED) is 0.375. The van der Waals surface area contributed by atoms with E-state index in [1.807, 2.05) is 78.9 Å². The summed E-state index contributed by atoms with van der Waals surface area (Å²) in [5, 5.41) is 4.26. The van der Waals surface area contributed by atoms with Crippen LogP contribution in [-0.2, 0) is 22.7 Å². The Morgan fingerprint density at radius 1 is 1.00 bits per heavy atom. The number of rotatable bonds is 9. The summed E-state index contributed by atoms with van der Waals surface area (Å²) in [5.74, 6) is 0.497. The summed E-state index contributed by atoms with van der Waals surface area (Å²) < 4.78 is 11.4. The van der Waals surface area contributed by atoms with Gasteiger partial charge in [0.25, 0.3) is 0 Å². The Labute approximate surface area is 205 Å². The first-order chi connectivity index (χ1) is 17.0. The van der Waals surface area contributed by atoms with Crippen molar-refractivity contribution in [3.8, 4) is 11.5 Å². The van der Waals surface area contributed by atoms with E-state index in [2.05, 4.69) is 10.5 Å². The van der Waals surface area contributed by atoms with Crippen LogP contribution in [0, 0.1) is 5.92 Å². The van der Waals surface area contributed by atoms with Gasteiger partial charge in [-0.15, -0.1) is 0 Å². The van der Waals surface area contributed by atoms with Crippen molar-refractivity contribution in [2.24, 2.45) is 11.0 Å². The Bertz CT molecular complexity index is 1200. The van der Waals surface area contributed by atoms with E-state index in [1.54, 1.807) is 18.9 Å². The molecule has 0 saturated carbocycles. The number of nitrogens with zero attached hydrogens (tertiary/aromatic N) is 2. The summed E-state index contributed by atoms with van der Waals surface area (Å²) in [7, 11) is 1.58. The van der Waals surface area contributed by atoms with E-state index in [-0.39, 0.29) is 18.2 Å². The number of hydrogen-bond donors (Lipinski definition) is 1. The highest BCUT2D eigenvalue weighted by molar-refractivity contribution is 6.00. The number of hydrazone groups is 1. The second-order valence-electron chi connectivity index (χ2n) is 8.47. The predicted octanol–water partition coefficient (Wildman–Crippen LogP) is 4.16. The van der Waals surface area contributed by atoms with Gasteiger partial charge in [-0.3, -0.25) is 9.59 Å². The Morgan fingerprint density at radius 2 is 1.69 bits per heavy atom. The van der Waals surface area contributed by atoms with E-state index in [0.29, 0.717) is 36.9 Å². The van der Waals surface area contributed by atoms with E-state index in [4.69, 9.17) is 9.47 Å². The molecule has 0 radical (unpaired) electrons. The summed E-state index contributed by atoms with van der Waals surface area (Å²) in [6.45, 7) is 3.13. The van der Waals surface area contributed by atoms with Gasteiger partial charge in [-0.25, -0.2) is 5.43 Å². The van der Waals surface area contributed by atoms with E-state index < -0.39 is 5.92 Å². The normalized spacial score (nSPS) is 15.7. The molecule has 1 aliphatic heterocycles. The lowest BCUT2D eigenvalue weighted by Gasteiger charge is -2.16. The molecule has 7 heteroatoms. The van der Waals surface area contributed by atoms with Gasteiger partial charge in [0.15, 0.2) is 11.5 Å². The number of amides is 2. The average Bonchev–Trinajstić information content (AvgIpc) is 3.26. The summed E-state index contributed by atoms with van der Waals surface area (Å²) >= 11 is 0. The molecule has 1 saturated heterocycles. The summed E-state index contributed by atoms with van der Waals surface area (Å²) in [4.78, 5) is 26.8. The fourth-order valence-corrected chi connectivity index (χ4v) is 3.95. The van der Waals surface area contributed by atoms with Gasteiger partial charge >= 0.3 is 0 Å². The number of hydrogen-bond acceptors (Lipinski definition) is 5. The minimum Gasteiger partial charge on any atom is -0.493 e. The first-order valence-corrected chi connectivity index (χ1v) is 11.5. The van der Waals surface area contributed by atoms with Crippen LogP contribution in [0.15, 0.2) is 84.0 Å². The van der Waals surface area contributed by atoms with Crippen LogP contribution >= 0.6 is 0 Å². The Kier molecular flexibility index (Phi) is 7.77. The van der Waals surface area contributed by atoms with Crippen molar-refractivity contribution in [3.63, 3.8) is 0 Å². The zero-order valence-corrected chi connectivity index (χ0v) is 19.9. The first-order valence-electron chi connectivity index (χ1n) is 11.5. The second-order valence-corrected chi connectivity index (χ2v) is 8.47. The monoisotopic (exact) mass is 471 g/mol. The molecular formula is C28H29N3O4. The molecule has 3 aromatic rings. The summed E-state index contributed by atoms with van der Waals surface area (Å²) in [6.07, 6.45) is 0.189. The van der Waals surface area contributed by atoms with Crippen molar-refractivity contribution < 1.29 is 19.1 Å². The van der Waals surface area contributed by atoms with Gasteiger partial charge in [0.2, 0.25) is 11.8 Å². The van der Waals surface area contributed by atoms with Crippen molar-refractivity contribution in [3.05, 3.63) is 95.6 Å². The van der Waals surface area contributed by atoms with Crippen molar-refractivity contribution in [2.45, 2.75) is 26.5 Å². The molecule has 1 atom stereocenters. The smallest absolute Gasteiger partial charge is 0.245 e. The van der Waals surface area contributed by atoms with Crippen molar-refractivity contribution >= 4 is 17.5 Å². The third kappa shape index (κ3) is 6.26. The lowest BCUT2D eigenvalue weighted by atomic mass is 10.1. The largest absolute Gasteiger partial charge is 0.493 e. The average molecular weight is 472 g/mol. The third-order valence-corrected chi connectivity index (χ3v) is 5.95. The van der Waals surface area contributed by atoms with Gasteiger partial charge in [-0.1, -0.05) is 60.7 Å². The molecule has 0 bridgehead atoms.